The lowest BCUT2D eigenvalue weighted by molar-refractivity contribution is -0.160. The number of benzene rings is 3. The molecule has 0 radical (unpaired) electrons. The second kappa shape index (κ2) is 8.54. The van der Waals surface area contributed by atoms with Gasteiger partial charge in [-0.05, 0) is 30.0 Å². The molecule has 3 aromatic rings. The van der Waals surface area contributed by atoms with Crippen LogP contribution in [-0.4, -0.2) is 23.3 Å². The molecular formula is C26H25NO3. The minimum atomic E-state index is -0.957. The van der Waals surface area contributed by atoms with Crippen molar-refractivity contribution in [2.45, 2.75) is 32.4 Å². The van der Waals surface area contributed by atoms with Gasteiger partial charge in [0, 0.05) is 19.0 Å². The maximum Gasteiger partial charge on any atom is 0.303 e. The van der Waals surface area contributed by atoms with Crippen LogP contribution in [0, 0.1) is 6.92 Å². The Morgan fingerprint density at radius 2 is 1.60 bits per heavy atom. The largest absolute Gasteiger partial charge is 0.447 e. The Hall–Kier alpha value is -3.40. The summed E-state index contributed by atoms with van der Waals surface area (Å²) in [5, 5.41) is 0. The number of esters is 1. The Labute approximate surface area is 177 Å². The van der Waals surface area contributed by atoms with Crippen LogP contribution in [0.1, 0.15) is 46.9 Å². The molecule has 0 bridgehead atoms. The van der Waals surface area contributed by atoms with Crippen LogP contribution < -0.4 is 0 Å². The quantitative estimate of drug-likeness (QED) is 0.594. The molecule has 0 N–H and O–H groups in total. The van der Waals surface area contributed by atoms with Gasteiger partial charge < -0.3 is 9.64 Å². The SMILES string of the molecule is CC(=O)O[C@@H](C(=O)N1CCc2ccccc2[C@@H]1c1ccc(C)cc1)c1ccccc1. The molecule has 0 aromatic heterocycles. The molecule has 30 heavy (non-hydrogen) atoms. The summed E-state index contributed by atoms with van der Waals surface area (Å²) in [6, 6.07) is 25.5. The fourth-order valence-corrected chi connectivity index (χ4v) is 4.12. The number of rotatable bonds is 4. The van der Waals surface area contributed by atoms with Crippen molar-refractivity contribution in [1.29, 1.82) is 0 Å². The summed E-state index contributed by atoms with van der Waals surface area (Å²) in [6.45, 7) is 3.96. The third kappa shape index (κ3) is 3.99. The van der Waals surface area contributed by atoms with E-state index in [-0.39, 0.29) is 11.9 Å². The summed E-state index contributed by atoms with van der Waals surface area (Å²) >= 11 is 0. The lowest BCUT2D eigenvalue weighted by atomic mass is 9.87. The molecule has 3 aromatic carbocycles. The molecule has 0 fully saturated rings. The van der Waals surface area contributed by atoms with E-state index in [0.717, 1.165) is 17.5 Å². The van der Waals surface area contributed by atoms with Crippen molar-refractivity contribution >= 4 is 11.9 Å². The number of ether oxygens (including phenoxy) is 1. The molecule has 0 saturated carbocycles. The van der Waals surface area contributed by atoms with Crippen molar-refractivity contribution in [3.63, 3.8) is 0 Å². The number of amides is 1. The van der Waals surface area contributed by atoms with Gasteiger partial charge in [0.1, 0.15) is 0 Å². The fourth-order valence-electron chi connectivity index (χ4n) is 4.12. The summed E-state index contributed by atoms with van der Waals surface area (Å²) in [5.74, 6) is -0.669. The number of fused-ring (bicyclic) bond motifs is 1. The maximum absolute atomic E-state index is 13.7. The lowest BCUT2D eigenvalue weighted by Crippen LogP contribution is -2.43. The van der Waals surface area contributed by atoms with Crippen LogP contribution in [0.15, 0.2) is 78.9 Å². The van der Waals surface area contributed by atoms with Crippen LogP contribution in [0.4, 0.5) is 0 Å². The van der Waals surface area contributed by atoms with Gasteiger partial charge in [0.25, 0.3) is 5.91 Å². The molecule has 4 rings (SSSR count). The van der Waals surface area contributed by atoms with E-state index in [9.17, 15) is 9.59 Å². The van der Waals surface area contributed by atoms with Gasteiger partial charge in [0.15, 0.2) is 0 Å². The number of carbonyl (C=O) groups excluding carboxylic acids is 2. The highest BCUT2D eigenvalue weighted by molar-refractivity contribution is 5.85. The second-order valence-corrected chi connectivity index (χ2v) is 7.69. The van der Waals surface area contributed by atoms with Gasteiger partial charge in [-0.25, -0.2) is 0 Å². The Kier molecular flexibility index (Phi) is 5.66. The fraction of sp³-hybridized carbons (Fsp3) is 0.231. The third-order valence-corrected chi connectivity index (χ3v) is 5.57. The van der Waals surface area contributed by atoms with Crippen molar-refractivity contribution in [1.82, 2.24) is 4.90 Å². The highest BCUT2D eigenvalue weighted by Gasteiger charge is 2.37. The molecule has 4 nitrogen and oxygen atoms in total. The van der Waals surface area contributed by atoms with E-state index in [4.69, 9.17) is 4.74 Å². The highest BCUT2D eigenvalue weighted by atomic mass is 16.5. The van der Waals surface area contributed by atoms with Gasteiger partial charge in [-0.2, -0.15) is 0 Å². The van der Waals surface area contributed by atoms with Gasteiger partial charge in [-0.3, -0.25) is 9.59 Å². The molecule has 1 aliphatic rings. The van der Waals surface area contributed by atoms with E-state index in [2.05, 4.69) is 36.4 Å². The monoisotopic (exact) mass is 399 g/mol. The van der Waals surface area contributed by atoms with Crippen LogP contribution in [0.5, 0.6) is 0 Å². The molecule has 0 aliphatic carbocycles. The lowest BCUT2D eigenvalue weighted by Gasteiger charge is -2.39. The van der Waals surface area contributed by atoms with E-state index in [0.29, 0.717) is 12.1 Å². The summed E-state index contributed by atoms with van der Waals surface area (Å²) in [4.78, 5) is 27.4. The molecule has 1 amide bonds. The first-order chi connectivity index (χ1) is 14.5. The maximum atomic E-state index is 13.7. The zero-order valence-electron chi connectivity index (χ0n) is 17.2. The van der Waals surface area contributed by atoms with Crippen molar-refractivity contribution < 1.29 is 14.3 Å². The number of carbonyl (C=O) groups is 2. The first kappa shape index (κ1) is 19.9. The summed E-state index contributed by atoms with van der Waals surface area (Å²) in [5.41, 5.74) is 5.27. The Morgan fingerprint density at radius 1 is 0.933 bits per heavy atom. The third-order valence-electron chi connectivity index (χ3n) is 5.57. The number of hydrogen-bond donors (Lipinski definition) is 0. The minimum Gasteiger partial charge on any atom is -0.447 e. The first-order valence-electron chi connectivity index (χ1n) is 10.2. The van der Waals surface area contributed by atoms with Crippen LogP contribution in [0.25, 0.3) is 0 Å². The molecule has 0 saturated heterocycles. The van der Waals surface area contributed by atoms with Crippen molar-refractivity contribution in [3.8, 4) is 0 Å². The average Bonchev–Trinajstić information content (AvgIpc) is 2.77. The molecule has 2 atom stereocenters. The van der Waals surface area contributed by atoms with Gasteiger partial charge in [-0.1, -0.05) is 84.4 Å². The Bertz CT molecular complexity index is 1040. The first-order valence-corrected chi connectivity index (χ1v) is 10.2. The molecule has 4 heteroatoms. The van der Waals surface area contributed by atoms with E-state index in [1.165, 1.54) is 18.1 Å². The topological polar surface area (TPSA) is 46.6 Å². The second-order valence-electron chi connectivity index (χ2n) is 7.69. The van der Waals surface area contributed by atoms with Gasteiger partial charge >= 0.3 is 5.97 Å². The standard InChI is InChI=1S/C26H25NO3/c1-18-12-14-21(15-13-18)24-23-11-7-6-8-20(23)16-17-27(24)26(29)25(30-19(2)28)22-9-4-3-5-10-22/h3-15,24-25H,16-17H2,1-2H3/t24-,25+/m0/s1. The Balaban J connectivity index is 1.77. The highest BCUT2D eigenvalue weighted by Crippen LogP contribution is 2.37. The molecular weight excluding hydrogens is 374 g/mol. The molecule has 152 valence electrons. The average molecular weight is 399 g/mol. The Morgan fingerprint density at radius 3 is 2.30 bits per heavy atom. The van der Waals surface area contributed by atoms with E-state index < -0.39 is 12.1 Å². The molecule has 0 unspecified atom stereocenters. The number of nitrogens with zero attached hydrogens (tertiary/aromatic N) is 1. The predicted molar refractivity (Wildman–Crippen MR) is 116 cm³/mol. The normalized spacial score (nSPS) is 16.5. The van der Waals surface area contributed by atoms with E-state index >= 15 is 0 Å². The van der Waals surface area contributed by atoms with Gasteiger partial charge in [0.2, 0.25) is 6.10 Å². The zero-order chi connectivity index (χ0) is 21.1. The summed E-state index contributed by atoms with van der Waals surface area (Å²) < 4.78 is 5.51. The minimum absolute atomic E-state index is 0.198. The van der Waals surface area contributed by atoms with Crippen molar-refractivity contribution in [2.75, 3.05) is 6.54 Å². The van der Waals surface area contributed by atoms with Gasteiger partial charge in [0.05, 0.1) is 6.04 Å². The summed E-state index contributed by atoms with van der Waals surface area (Å²) in [7, 11) is 0. The molecule has 0 spiro atoms. The van der Waals surface area contributed by atoms with Crippen molar-refractivity contribution in [2.24, 2.45) is 0 Å². The van der Waals surface area contributed by atoms with Gasteiger partial charge in [-0.15, -0.1) is 0 Å². The van der Waals surface area contributed by atoms with Crippen LogP contribution in [-0.2, 0) is 20.7 Å². The molecule has 1 heterocycles. The van der Waals surface area contributed by atoms with Crippen LogP contribution in [0.3, 0.4) is 0 Å². The van der Waals surface area contributed by atoms with Crippen LogP contribution in [0.2, 0.25) is 0 Å². The number of hydrogen-bond acceptors (Lipinski definition) is 3. The zero-order valence-corrected chi connectivity index (χ0v) is 17.2. The van der Waals surface area contributed by atoms with E-state index in [1.54, 1.807) is 0 Å². The van der Waals surface area contributed by atoms with Crippen LogP contribution >= 0.6 is 0 Å². The molecule has 1 aliphatic heterocycles. The van der Waals surface area contributed by atoms with Crippen molar-refractivity contribution in [3.05, 3.63) is 107 Å². The number of aryl methyl sites for hydroxylation is 1. The van der Waals surface area contributed by atoms with E-state index in [1.807, 2.05) is 54.3 Å². The summed E-state index contributed by atoms with van der Waals surface area (Å²) in [6.07, 6.45) is -0.187. The smallest absolute Gasteiger partial charge is 0.303 e. The predicted octanol–water partition coefficient (Wildman–Crippen LogP) is 4.77.